The number of aryl methyl sites for hydroxylation is 2. The monoisotopic (exact) mass is 276 g/mol. The molecule has 0 fully saturated rings. The van der Waals surface area contributed by atoms with Gasteiger partial charge in [0.2, 0.25) is 0 Å². The van der Waals surface area contributed by atoms with Crippen LogP contribution >= 0.6 is 0 Å². The van der Waals surface area contributed by atoms with Crippen LogP contribution in [-0.4, -0.2) is 5.11 Å². The maximum absolute atomic E-state index is 12.5. The Hall–Kier alpha value is -1.74. The first kappa shape index (κ1) is 14.7. The molecular weight excluding hydrogens is 258 g/mol. The summed E-state index contributed by atoms with van der Waals surface area (Å²) >= 11 is 0. The minimum atomic E-state index is -2.47. The minimum absolute atomic E-state index is 0.0210. The molecule has 0 radical (unpaired) electrons. The summed E-state index contributed by atoms with van der Waals surface area (Å²) < 4.78 is 24.9. The summed E-state index contributed by atoms with van der Waals surface area (Å²) in [4.78, 5) is 0. The van der Waals surface area contributed by atoms with Crippen LogP contribution in [0.25, 0.3) is 0 Å². The Labute approximate surface area is 117 Å². The molecule has 0 amide bonds. The maximum atomic E-state index is 12.5. The van der Waals surface area contributed by atoms with Crippen molar-refractivity contribution < 1.29 is 13.9 Å². The molecule has 1 unspecified atom stereocenters. The van der Waals surface area contributed by atoms with Crippen LogP contribution in [0.15, 0.2) is 42.5 Å². The van der Waals surface area contributed by atoms with Gasteiger partial charge in [0.15, 0.2) is 0 Å². The van der Waals surface area contributed by atoms with Gasteiger partial charge in [-0.2, -0.15) is 0 Å². The van der Waals surface area contributed by atoms with Gasteiger partial charge in [0.1, 0.15) is 0 Å². The van der Waals surface area contributed by atoms with Crippen molar-refractivity contribution in [2.45, 2.75) is 32.8 Å². The molecule has 20 heavy (non-hydrogen) atoms. The lowest BCUT2D eigenvalue weighted by atomic mass is 9.98. The number of hydrogen-bond acceptors (Lipinski definition) is 1. The third-order valence-corrected chi connectivity index (χ3v) is 3.28. The Morgan fingerprint density at radius 2 is 1.40 bits per heavy atom. The fourth-order valence-electron chi connectivity index (χ4n) is 2.39. The molecule has 106 valence electrons. The highest BCUT2D eigenvalue weighted by molar-refractivity contribution is 5.31. The summed E-state index contributed by atoms with van der Waals surface area (Å²) in [6, 6.07) is 12.0. The minimum Gasteiger partial charge on any atom is -0.388 e. The molecule has 2 aromatic carbocycles. The topological polar surface area (TPSA) is 20.2 Å². The molecule has 0 aliphatic heterocycles. The van der Waals surface area contributed by atoms with Crippen LogP contribution in [0.3, 0.4) is 0 Å². The number of halogens is 2. The second-order valence-corrected chi connectivity index (χ2v) is 5.18. The van der Waals surface area contributed by atoms with Crippen LogP contribution in [0.4, 0.5) is 8.78 Å². The molecular formula is C17H18F2O. The molecule has 0 aliphatic carbocycles. The lowest BCUT2D eigenvalue weighted by Gasteiger charge is -2.13. The number of aliphatic hydroxyl groups excluding tert-OH is 1. The third-order valence-electron chi connectivity index (χ3n) is 3.28. The lowest BCUT2D eigenvalue weighted by Crippen LogP contribution is -2.02. The van der Waals surface area contributed by atoms with Gasteiger partial charge >= 0.3 is 0 Å². The van der Waals surface area contributed by atoms with Gasteiger partial charge in [0, 0.05) is 12.0 Å². The van der Waals surface area contributed by atoms with Gasteiger partial charge in [-0.05, 0) is 25.0 Å². The van der Waals surface area contributed by atoms with Gasteiger partial charge < -0.3 is 5.11 Å². The van der Waals surface area contributed by atoms with Gasteiger partial charge in [0.05, 0.1) is 6.10 Å². The van der Waals surface area contributed by atoms with E-state index < -0.39 is 12.5 Å². The average Bonchev–Trinajstić information content (AvgIpc) is 2.37. The van der Waals surface area contributed by atoms with E-state index in [9.17, 15) is 13.9 Å². The molecule has 3 heteroatoms. The number of aliphatic hydroxyl groups is 1. The number of alkyl halides is 2. The van der Waals surface area contributed by atoms with Crippen LogP contribution in [-0.2, 0) is 6.42 Å². The van der Waals surface area contributed by atoms with Crippen molar-refractivity contribution in [1.29, 1.82) is 0 Å². The number of benzene rings is 2. The van der Waals surface area contributed by atoms with E-state index in [1.54, 1.807) is 12.1 Å². The zero-order valence-corrected chi connectivity index (χ0v) is 11.6. The Balaban J connectivity index is 2.13. The van der Waals surface area contributed by atoms with Gasteiger partial charge in [0.25, 0.3) is 6.43 Å². The van der Waals surface area contributed by atoms with E-state index in [1.807, 2.05) is 26.0 Å². The molecule has 0 saturated heterocycles. The normalized spacial score (nSPS) is 12.7. The lowest BCUT2D eigenvalue weighted by molar-refractivity contribution is 0.151. The molecule has 0 heterocycles. The average molecular weight is 276 g/mol. The summed E-state index contributed by atoms with van der Waals surface area (Å²) in [6.45, 7) is 4.03. The standard InChI is InChI=1S/C17H18F2O/c1-11-7-12(2)9-13(8-11)10-16(20)14-3-5-15(6-4-14)17(18)19/h3-9,16-17,20H,10H2,1-2H3. The quantitative estimate of drug-likeness (QED) is 0.870. The van der Waals surface area contributed by atoms with E-state index in [-0.39, 0.29) is 5.56 Å². The molecule has 2 rings (SSSR count). The van der Waals surface area contributed by atoms with Crippen LogP contribution in [0.2, 0.25) is 0 Å². The predicted molar refractivity (Wildman–Crippen MR) is 76.0 cm³/mol. The summed E-state index contributed by atoms with van der Waals surface area (Å²) in [7, 11) is 0. The highest BCUT2D eigenvalue weighted by Gasteiger charge is 2.11. The molecule has 1 nitrogen and oxygen atoms in total. The van der Waals surface area contributed by atoms with Crippen LogP contribution < -0.4 is 0 Å². The Kier molecular flexibility index (Phi) is 4.50. The van der Waals surface area contributed by atoms with Crippen molar-refractivity contribution in [3.05, 3.63) is 70.3 Å². The molecule has 0 spiro atoms. The Bertz CT molecular complexity index is 556. The van der Waals surface area contributed by atoms with Crippen molar-refractivity contribution in [2.75, 3.05) is 0 Å². The van der Waals surface area contributed by atoms with E-state index >= 15 is 0 Å². The smallest absolute Gasteiger partial charge is 0.263 e. The molecule has 0 aliphatic rings. The molecule has 1 N–H and O–H groups in total. The third kappa shape index (κ3) is 3.64. The van der Waals surface area contributed by atoms with Gasteiger partial charge in [-0.3, -0.25) is 0 Å². The molecule has 0 bridgehead atoms. The van der Waals surface area contributed by atoms with Crippen molar-refractivity contribution >= 4 is 0 Å². The highest BCUT2D eigenvalue weighted by atomic mass is 19.3. The van der Waals surface area contributed by atoms with Crippen LogP contribution in [0.1, 0.15) is 40.3 Å². The summed E-state index contributed by atoms with van der Waals surface area (Å²) in [5.74, 6) is 0. The molecule has 0 aromatic heterocycles. The van der Waals surface area contributed by atoms with Crippen molar-refractivity contribution in [3.8, 4) is 0 Å². The predicted octanol–water partition coefficient (Wildman–Crippen LogP) is 4.52. The zero-order chi connectivity index (χ0) is 14.7. The van der Waals surface area contributed by atoms with Crippen molar-refractivity contribution in [2.24, 2.45) is 0 Å². The Morgan fingerprint density at radius 1 is 0.900 bits per heavy atom. The van der Waals surface area contributed by atoms with Gasteiger partial charge in [-0.15, -0.1) is 0 Å². The summed E-state index contributed by atoms with van der Waals surface area (Å²) in [5, 5.41) is 10.2. The molecule has 1 atom stereocenters. The van der Waals surface area contributed by atoms with Crippen LogP contribution in [0.5, 0.6) is 0 Å². The molecule has 2 aromatic rings. The first-order chi connectivity index (χ1) is 9.45. The van der Waals surface area contributed by atoms with E-state index in [4.69, 9.17) is 0 Å². The number of hydrogen-bond donors (Lipinski definition) is 1. The second-order valence-electron chi connectivity index (χ2n) is 5.18. The van der Waals surface area contributed by atoms with E-state index in [2.05, 4.69) is 6.07 Å². The fourth-order valence-corrected chi connectivity index (χ4v) is 2.39. The summed E-state index contributed by atoms with van der Waals surface area (Å²) in [5.41, 5.74) is 3.99. The Morgan fingerprint density at radius 3 is 1.90 bits per heavy atom. The van der Waals surface area contributed by atoms with Gasteiger partial charge in [-0.1, -0.05) is 53.6 Å². The van der Waals surface area contributed by atoms with E-state index in [0.717, 1.165) is 16.7 Å². The summed E-state index contributed by atoms with van der Waals surface area (Å²) in [6.07, 6.45) is -2.67. The molecule has 0 saturated carbocycles. The maximum Gasteiger partial charge on any atom is 0.263 e. The zero-order valence-electron chi connectivity index (χ0n) is 11.6. The van der Waals surface area contributed by atoms with Crippen molar-refractivity contribution in [1.82, 2.24) is 0 Å². The first-order valence-corrected chi connectivity index (χ1v) is 6.59. The first-order valence-electron chi connectivity index (χ1n) is 6.59. The van der Waals surface area contributed by atoms with E-state index in [0.29, 0.717) is 12.0 Å². The van der Waals surface area contributed by atoms with Crippen LogP contribution in [0, 0.1) is 13.8 Å². The number of rotatable bonds is 4. The van der Waals surface area contributed by atoms with E-state index in [1.165, 1.54) is 12.1 Å². The SMILES string of the molecule is Cc1cc(C)cc(CC(O)c2ccc(C(F)F)cc2)c1. The second kappa shape index (κ2) is 6.14. The van der Waals surface area contributed by atoms with Gasteiger partial charge in [-0.25, -0.2) is 8.78 Å². The van der Waals surface area contributed by atoms with Crippen molar-refractivity contribution in [3.63, 3.8) is 0 Å². The highest BCUT2D eigenvalue weighted by Crippen LogP contribution is 2.23. The fraction of sp³-hybridized carbons (Fsp3) is 0.294. The largest absolute Gasteiger partial charge is 0.388 e.